The van der Waals surface area contributed by atoms with Crippen molar-refractivity contribution in [2.24, 2.45) is 0 Å². The van der Waals surface area contributed by atoms with Crippen molar-refractivity contribution in [3.05, 3.63) is 156 Å². The summed E-state index contributed by atoms with van der Waals surface area (Å²) in [5.74, 6) is 2.18. The highest BCUT2D eigenvalue weighted by molar-refractivity contribution is 6.13. The molecule has 2 unspecified atom stereocenters. The lowest BCUT2D eigenvalue weighted by Gasteiger charge is -2.39. The number of hydrogen-bond acceptors (Lipinski definition) is 5. The van der Waals surface area contributed by atoms with Crippen LogP contribution in [0.5, 0.6) is 0 Å². The van der Waals surface area contributed by atoms with Crippen molar-refractivity contribution in [3.63, 3.8) is 0 Å². The van der Waals surface area contributed by atoms with Gasteiger partial charge in [0.15, 0.2) is 11.4 Å². The monoisotopic (exact) mass is 692 g/mol. The van der Waals surface area contributed by atoms with Gasteiger partial charge in [-0.2, -0.15) is 0 Å². The predicted octanol–water partition coefficient (Wildman–Crippen LogP) is 12.1. The first-order valence-electron chi connectivity index (χ1n) is 18.6. The molecule has 0 N–H and O–H groups in total. The lowest BCUT2D eigenvalue weighted by molar-refractivity contribution is 0.497. The molecule has 1 aliphatic carbocycles. The summed E-state index contributed by atoms with van der Waals surface area (Å²) >= 11 is 0. The van der Waals surface area contributed by atoms with Crippen LogP contribution in [-0.4, -0.2) is 21.0 Å². The van der Waals surface area contributed by atoms with Crippen molar-refractivity contribution in [2.45, 2.75) is 70.8 Å². The maximum absolute atomic E-state index is 7.17. The van der Waals surface area contributed by atoms with Crippen molar-refractivity contribution < 1.29 is 4.42 Å². The van der Waals surface area contributed by atoms with E-state index in [9.17, 15) is 0 Å². The molecule has 5 aromatic carbocycles. The number of nitrogens with zero attached hydrogens (tertiary/aromatic N) is 4. The van der Waals surface area contributed by atoms with Crippen molar-refractivity contribution in [1.29, 1.82) is 0 Å². The first-order valence-corrected chi connectivity index (χ1v) is 18.6. The Morgan fingerprint density at radius 1 is 0.604 bits per heavy atom. The average molecular weight is 693 g/mol. The molecule has 9 rings (SSSR count). The predicted molar refractivity (Wildman–Crippen MR) is 219 cm³/mol. The topological polar surface area (TPSA) is 55.1 Å². The summed E-state index contributed by atoms with van der Waals surface area (Å²) in [6.45, 7) is 15.3. The highest BCUT2D eigenvalue weighted by atomic mass is 16.3. The Bertz CT molecular complexity index is 2570. The highest BCUT2D eigenvalue weighted by Gasteiger charge is 2.51. The summed E-state index contributed by atoms with van der Waals surface area (Å²) in [5.41, 5.74) is 10.1. The Kier molecular flexibility index (Phi) is 7.40. The molecular weight excluding hydrogens is 649 g/mol. The van der Waals surface area contributed by atoms with Crippen LogP contribution in [0.4, 0.5) is 11.4 Å². The minimum atomic E-state index is -0.309. The molecule has 2 aromatic heterocycles. The van der Waals surface area contributed by atoms with Crippen LogP contribution in [0.2, 0.25) is 0 Å². The lowest BCUT2D eigenvalue weighted by atomic mass is 9.71. The van der Waals surface area contributed by atoms with Gasteiger partial charge >= 0.3 is 0 Å². The summed E-state index contributed by atoms with van der Waals surface area (Å²) in [6.07, 6.45) is 6.91. The molecule has 7 aromatic rings. The second-order valence-electron chi connectivity index (χ2n) is 16.7. The van der Waals surface area contributed by atoms with E-state index in [2.05, 4.69) is 187 Å². The zero-order valence-electron chi connectivity index (χ0n) is 31.5. The first-order chi connectivity index (χ1) is 25.4. The van der Waals surface area contributed by atoms with Gasteiger partial charge in [0, 0.05) is 32.6 Å². The number of furan rings is 1. The molecule has 262 valence electrons. The van der Waals surface area contributed by atoms with Gasteiger partial charge in [0.1, 0.15) is 17.2 Å². The number of anilines is 2. The number of para-hydroxylation sites is 3. The van der Waals surface area contributed by atoms with E-state index in [-0.39, 0.29) is 22.3 Å². The van der Waals surface area contributed by atoms with E-state index >= 15 is 0 Å². The molecule has 0 fully saturated rings. The molecule has 1 aliphatic heterocycles. The third-order valence-corrected chi connectivity index (χ3v) is 10.9. The van der Waals surface area contributed by atoms with Gasteiger partial charge < -0.3 is 9.32 Å². The average Bonchev–Trinajstić information content (AvgIpc) is 3.68. The van der Waals surface area contributed by atoms with Crippen LogP contribution in [0.25, 0.3) is 50.0 Å². The molecule has 0 saturated carbocycles. The minimum Gasteiger partial charge on any atom is -0.453 e. The Morgan fingerprint density at radius 3 is 1.85 bits per heavy atom. The van der Waals surface area contributed by atoms with Gasteiger partial charge in [-0.3, -0.25) is 0 Å². The van der Waals surface area contributed by atoms with Gasteiger partial charge in [0.25, 0.3) is 0 Å². The van der Waals surface area contributed by atoms with Gasteiger partial charge in [0.2, 0.25) is 0 Å². The van der Waals surface area contributed by atoms with Crippen LogP contribution in [-0.2, 0) is 16.2 Å². The number of aromatic nitrogens is 3. The SMILES string of the molecule is CC(C)(C)c1nc(-c2cccc3c2oc2c(N4c5c(-c6ccccc6)cccc5C5(C)C=CC=C(c6ccccc6)C45)cccc23)nc(C(C)(C)C)n1. The van der Waals surface area contributed by atoms with E-state index in [1.54, 1.807) is 0 Å². The number of allylic oxidation sites excluding steroid dienone is 2. The molecule has 2 aliphatic rings. The summed E-state index contributed by atoms with van der Waals surface area (Å²) < 4.78 is 7.17. The molecule has 5 nitrogen and oxygen atoms in total. The summed E-state index contributed by atoms with van der Waals surface area (Å²) in [5, 5.41) is 2.10. The van der Waals surface area contributed by atoms with Crippen molar-refractivity contribution >= 4 is 38.9 Å². The molecule has 0 radical (unpaired) electrons. The zero-order valence-corrected chi connectivity index (χ0v) is 31.5. The van der Waals surface area contributed by atoms with Crippen LogP contribution >= 0.6 is 0 Å². The van der Waals surface area contributed by atoms with Gasteiger partial charge in [-0.15, -0.1) is 0 Å². The Labute approximate surface area is 311 Å². The standard InChI is InChI=1S/C48H44N4O/c1-46(2,3)44-49-43(50-45(51-44)47(4,5)6)36-25-14-23-34-35-24-16-28-38(41(35)53-40(34)36)52-39-32(30-18-10-8-11-19-30)22-15-27-37(39)48(7)29-17-26-33(42(48)52)31-20-12-9-13-21-31/h8-29,42H,1-7H3. The Balaban J connectivity index is 1.32. The van der Waals surface area contributed by atoms with Crippen molar-refractivity contribution in [1.82, 2.24) is 15.0 Å². The van der Waals surface area contributed by atoms with Crippen LogP contribution in [0.3, 0.4) is 0 Å². The summed E-state index contributed by atoms with van der Waals surface area (Å²) in [6, 6.07) is 41.2. The van der Waals surface area contributed by atoms with E-state index in [0.717, 1.165) is 44.8 Å². The molecule has 0 spiro atoms. The van der Waals surface area contributed by atoms with Gasteiger partial charge in [-0.05, 0) is 41.3 Å². The smallest absolute Gasteiger partial charge is 0.167 e. The largest absolute Gasteiger partial charge is 0.453 e. The van der Waals surface area contributed by atoms with Gasteiger partial charge in [-0.25, -0.2) is 15.0 Å². The molecule has 2 atom stereocenters. The van der Waals surface area contributed by atoms with Crippen LogP contribution < -0.4 is 4.90 Å². The number of rotatable bonds is 4. The summed E-state index contributed by atoms with van der Waals surface area (Å²) in [7, 11) is 0. The van der Waals surface area contributed by atoms with E-state index < -0.39 is 0 Å². The third kappa shape index (κ3) is 5.24. The normalized spacial score (nSPS) is 18.4. The van der Waals surface area contributed by atoms with Gasteiger partial charge in [-0.1, -0.05) is 163 Å². The number of fused-ring (bicyclic) bond motifs is 6. The van der Waals surface area contributed by atoms with Crippen LogP contribution in [0, 0.1) is 0 Å². The zero-order chi connectivity index (χ0) is 36.7. The number of benzene rings is 5. The van der Waals surface area contributed by atoms with Crippen molar-refractivity contribution in [2.75, 3.05) is 4.90 Å². The van der Waals surface area contributed by atoms with E-state index in [1.165, 1.54) is 33.5 Å². The first kappa shape index (κ1) is 33.1. The van der Waals surface area contributed by atoms with Crippen LogP contribution in [0.1, 0.15) is 71.2 Å². The maximum atomic E-state index is 7.17. The quantitative estimate of drug-likeness (QED) is 0.184. The van der Waals surface area contributed by atoms with E-state index in [0.29, 0.717) is 5.82 Å². The molecule has 0 amide bonds. The Morgan fingerprint density at radius 2 is 1.19 bits per heavy atom. The molecule has 53 heavy (non-hydrogen) atoms. The molecule has 3 heterocycles. The number of hydrogen-bond donors (Lipinski definition) is 0. The molecule has 0 saturated heterocycles. The lowest BCUT2D eigenvalue weighted by Crippen LogP contribution is -2.42. The fourth-order valence-corrected chi connectivity index (χ4v) is 8.20. The molecule has 0 bridgehead atoms. The second kappa shape index (κ2) is 11.9. The molecule has 5 heteroatoms. The Hall–Kier alpha value is -5.81. The van der Waals surface area contributed by atoms with Crippen LogP contribution in [0.15, 0.2) is 138 Å². The fraction of sp³-hybridized carbons (Fsp3) is 0.229. The second-order valence-corrected chi connectivity index (χ2v) is 16.7. The highest BCUT2D eigenvalue weighted by Crippen LogP contribution is 2.58. The fourth-order valence-electron chi connectivity index (χ4n) is 8.20. The minimum absolute atomic E-state index is 0.0275. The third-order valence-electron chi connectivity index (χ3n) is 10.9. The molecular formula is C48H44N4O. The maximum Gasteiger partial charge on any atom is 0.167 e. The summed E-state index contributed by atoms with van der Waals surface area (Å²) in [4.78, 5) is 17.7. The van der Waals surface area contributed by atoms with E-state index in [4.69, 9.17) is 19.4 Å². The van der Waals surface area contributed by atoms with E-state index in [1.807, 2.05) is 0 Å². The van der Waals surface area contributed by atoms with Crippen molar-refractivity contribution in [3.8, 4) is 22.5 Å². The van der Waals surface area contributed by atoms with Gasteiger partial charge in [0.05, 0.1) is 23.0 Å².